The summed E-state index contributed by atoms with van der Waals surface area (Å²) < 4.78 is 11.2. The van der Waals surface area contributed by atoms with Gasteiger partial charge in [0.2, 0.25) is 0 Å². The topological polar surface area (TPSA) is 70.3 Å². The molecule has 0 atom stereocenters. The third kappa shape index (κ3) is 6.65. The first-order valence-electron chi connectivity index (χ1n) is 10.2. The molecule has 1 amide bonds. The molecular formula is C20H33IN4O3. The molecule has 1 saturated heterocycles. The van der Waals surface area contributed by atoms with Crippen LogP contribution in [0, 0.1) is 0 Å². The Morgan fingerprint density at radius 3 is 2.46 bits per heavy atom. The number of guanidine groups is 1. The summed E-state index contributed by atoms with van der Waals surface area (Å²) in [5.41, 5.74) is 0. The number of nitrogens with one attached hydrogen (secondary N) is 1. The second kappa shape index (κ2) is 12.3. The molecule has 1 aliphatic heterocycles. The highest BCUT2D eigenvalue weighted by Crippen LogP contribution is 2.19. The Balaban J connectivity index is 0.00000280. The van der Waals surface area contributed by atoms with Crippen molar-refractivity contribution in [3.63, 3.8) is 0 Å². The van der Waals surface area contributed by atoms with Crippen LogP contribution in [-0.4, -0.2) is 74.1 Å². The van der Waals surface area contributed by atoms with E-state index in [1.165, 1.54) is 44.8 Å². The number of carbonyl (C=O) groups is 1. The van der Waals surface area contributed by atoms with Crippen molar-refractivity contribution in [2.24, 2.45) is 4.99 Å². The lowest BCUT2D eigenvalue weighted by Gasteiger charge is -2.36. The van der Waals surface area contributed by atoms with Crippen molar-refractivity contribution in [3.8, 4) is 0 Å². The van der Waals surface area contributed by atoms with E-state index in [1.807, 2.05) is 4.90 Å². The molecule has 8 heteroatoms. The van der Waals surface area contributed by atoms with E-state index >= 15 is 0 Å². The van der Waals surface area contributed by atoms with E-state index in [9.17, 15) is 4.79 Å². The normalized spacial score (nSPS) is 19.1. The van der Waals surface area contributed by atoms with Gasteiger partial charge >= 0.3 is 0 Å². The number of amides is 1. The minimum Gasteiger partial charge on any atom is -0.459 e. The third-order valence-corrected chi connectivity index (χ3v) is 5.35. The summed E-state index contributed by atoms with van der Waals surface area (Å²) in [6.45, 7) is 4.32. The Morgan fingerprint density at radius 2 is 1.86 bits per heavy atom. The van der Waals surface area contributed by atoms with Crippen molar-refractivity contribution >= 4 is 35.8 Å². The van der Waals surface area contributed by atoms with Crippen LogP contribution in [0.1, 0.15) is 49.1 Å². The minimum atomic E-state index is -0.0422. The highest BCUT2D eigenvalue weighted by atomic mass is 127. The zero-order valence-corrected chi connectivity index (χ0v) is 19.1. The van der Waals surface area contributed by atoms with E-state index in [2.05, 4.69) is 15.2 Å². The SMILES string of the molecule is CN=C(NCCOC1CCCCCC1)N1CCN(C(=O)c2ccco2)CC1.I. The molecular weight excluding hydrogens is 471 g/mol. The summed E-state index contributed by atoms with van der Waals surface area (Å²) in [7, 11) is 1.80. The van der Waals surface area contributed by atoms with Gasteiger partial charge in [0.15, 0.2) is 11.7 Å². The van der Waals surface area contributed by atoms with Crippen LogP contribution in [0.15, 0.2) is 27.8 Å². The summed E-state index contributed by atoms with van der Waals surface area (Å²) >= 11 is 0. The van der Waals surface area contributed by atoms with Gasteiger partial charge in [-0.25, -0.2) is 0 Å². The van der Waals surface area contributed by atoms with Crippen molar-refractivity contribution in [1.82, 2.24) is 15.1 Å². The fourth-order valence-corrected chi connectivity index (χ4v) is 3.81. The lowest BCUT2D eigenvalue weighted by atomic mass is 10.1. The molecule has 1 saturated carbocycles. The molecule has 0 spiro atoms. The van der Waals surface area contributed by atoms with Crippen molar-refractivity contribution in [3.05, 3.63) is 24.2 Å². The van der Waals surface area contributed by atoms with Gasteiger partial charge in [-0.2, -0.15) is 0 Å². The number of rotatable bonds is 5. The van der Waals surface area contributed by atoms with Gasteiger partial charge in [-0.1, -0.05) is 25.7 Å². The van der Waals surface area contributed by atoms with Gasteiger partial charge in [0, 0.05) is 39.8 Å². The van der Waals surface area contributed by atoms with Crippen LogP contribution in [0.2, 0.25) is 0 Å². The molecule has 28 heavy (non-hydrogen) atoms. The van der Waals surface area contributed by atoms with Crippen LogP contribution < -0.4 is 5.32 Å². The third-order valence-electron chi connectivity index (χ3n) is 5.35. The van der Waals surface area contributed by atoms with Crippen LogP contribution in [0.4, 0.5) is 0 Å². The number of aliphatic imine (C=N–C) groups is 1. The van der Waals surface area contributed by atoms with Crippen LogP contribution in [0.5, 0.6) is 0 Å². The Kier molecular flexibility index (Phi) is 10.1. The lowest BCUT2D eigenvalue weighted by molar-refractivity contribution is 0.0463. The summed E-state index contributed by atoms with van der Waals surface area (Å²) in [4.78, 5) is 20.8. The number of piperazine rings is 1. The van der Waals surface area contributed by atoms with E-state index < -0.39 is 0 Å². The average Bonchev–Trinajstić information content (AvgIpc) is 3.12. The monoisotopic (exact) mass is 504 g/mol. The molecule has 0 aromatic carbocycles. The molecule has 1 N–H and O–H groups in total. The largest absolute Gasteiger partial charge is 0.459 e. The molecule has 158 valence electrons. The van der Waals surface area contributed by atoms with Gasteiger partial charge in [-0.05, 0) is 25.0 Å². The smallest absolute Gasteiger partial charge is 0.289 e. The molecule has 0 radical (unpaired) electrons. The van der Waals surface area contributed by atoms with E-state index in [-0.39, 0.29) is 29.9 Å². The van der Waals surface area contributed by atoms with E-state index in [4.69, 9.17) is 9.15 Å². The first-order chi connectivity index (χ1) is 13.3. The summed E-state index contributed by atoms with van der Waals surface area (Å²) in [5, 5.41) is 3.39. The number of nitrogens with zero attached hydrogens (tertiary/aromatic N) is 3. The average molecular weight is 504 g/mol. The number of furan rings is 1. The van der Waals surface area contributed by atoms with Crippen molar-refractivity contribution in [2.75, 3.05) is 46.4 Å². The van der Waals surface area contributed by atoms with Crippen molar-refractivity contribution in [2.45, 2.75) is 44.6 Å². The van der Waals surface area contributed by atoms with E-state index in [0.717, 1.165) is 25.6 Å². The highest BCUT2D eigenvalue weighted by Gasteiger charge is 2.25. The molecule has 1 aromatic heterocycles. The number of carbonyl (C=O) groups excluding carboxylic acids is 1. The Bertz CT molecular complexity index is 593. The van der Waals surface area contributed by atoms with Gasteiger partial charge in [0.25, 0.3) is 5.91 Å². The predicted molar refractivity (Wildman–Crippen MR) is 120 cm³/mol. The van der Waals surface area contributed by atoms with Crippen LogP contribution in [-0.2, 0) is 4.74 Å². The number of halogens is 1. The van der Waals surface area contributed by atoms with Crippen LogP contribution in [0.3, 0.4) is 0 Å². The zero-order valence-electron chi connectivity index (χ0n) is 16.8. The number of hydrogen-bond acceptors (Lipinski definition) is 4. The van der Waals surface area contributed by atoms with Gasteiger partial charge in [-0.15, -0.1) is 24.0 Å². The van der Waals surface area contributed by atoms with Crippen molar-refractivity contribution in [1.29, 1.82) is 0 Å². The lowest BCUT2D eigenvalue weighted by Crippen LogP contribution is -2.54. The highest BCUT2D eigenvalue weighted by molar-refractivity contribution is 14.0. The maximum Gasteiger partial charge on any atom is 0.289 e. The molecule has 7 nitrogen and oxygen atoms in total. The number of ether oxygens (including phenoxy) is 1. The zero-order chi connectivity index (χ0) is 18.9. The van der Waals surface area contributed by atoms with Crippen LogP contribution in [0.25, 0.3) is 0 Å². The molecule has 1 aromatic rings. The summed E-state index contributed by atoms with van der Waals surface area (Å²) in [6.07, 6.45) is 9.62. The van der Waals surface area contributed by atoms with Gasteiger partial charge in [0.05, 0.1) is 19.0 Å². The standard InChI is InChI=1S/C20H32N4O3.HI/c1-21-20(22-10-16-26-17-7-4-2-3-5-8-17)24-13-11-23(12-14-24)19(25)18-9-6-15-27-18;/h6,9,15,17H,2-5,7-8,10-14,16H2,1H3,(H,21,22);1H. The van der Waals surface area contributed by atoms with Crippen LogP contribution >= 0.6 is 24.0 Å². The minimum absolute atomic E-state index is 0. The van der Waals surface area contributed by atoms with Gasteiger partial charge in [0.1, 0.15) is 0 Å². The molecule has 1 aliphatic carbocycles. The summed E-state index contributed by atoms with van der Waals surface area (Å²) in [5.74, 6) is 1.24. The second-order valence-corrected chi connectivity index (χ2v) is 7.21. The fraction of sp³-hybridized carbons (Fsp3) is 0.700. The molecule has 2 heterocycles. The van der Waals surface area contributed by atoms with Gasteiger partial charge < -0.3 is 24.3 Å². The quantitative estimate of drug-likeness (QED) is 0.220. The maximum atomic E-state index is 12.3. The molecule has 2 aliphatic rings. The fourth-order valence-electron chi connectivity index (χ4n) is 3.81. The second-order valence-electron chi connectivity index (χ2n) is 7.21. The Labute approximate surface area is 184 Å². The predicted octanol–water partition coefficient (Wildman–Crippen LogP) is 2.97. The maximum absolute atomic E-state index is 12.3. The Hall–Kier alpha value is -1.29. The van der Waals surface area contributed by atoms with E-state index in [0.29, 0.717) is 31.6 Å². The number of hydrogen-bond donors (Lipinski definition) is 1. The Morgan fingerprint density at radius 1 is 1.18 bits per heavy atom. The van der Waals surface area contributed by atoms with E-state index in [1.54, 1.807) is 19.2 Å². The first kappa shape index (κ1) is 23.0. The molecule has 2 fully saturated rings. The first-order valence-corrected chi connectivity index (χ1v) is 10.2. The van der Waals surface area contributed by atoms with Gasteiger partial charge in [-0.3, -0.25) is 9.79 Å². The van der Waals surface area contributed by atoms with Crippen molar-refractivity contribution < 1.29 is 13.9 Å². The molecule has 3 rings (SSSR count). The molecule has 0 bridgehead atoms. The summed E-state index contributed by atoms with van der Waals surface area (Å²) in [6, 6.07) is 3.45. The molecule has 0 unspecified atom stereocenters.